The lowest BCUT2D eigenvalue weighted by Crippen LogP contribution is -2.51. The average molecular weight is 218 g/mol. The van der Waals surface area contributed by atoms with Crippen LogP contribution in [0.4, 0.5) is 4.79 Å². The molecule has 1 N–H and O–H groups in total. The van der Waals surface area contributed by atoms with Crippen LogP contribution in [0, 0.1) is 5.92 Å². The smallest absolute Gasteiger partial charge is 0.410 e. The van der Waals surface area contributed by atoms with Gasteiger partial charge in [0, 0.05) is 31.6 Å². The molecule has 3 rings (SSSR count). The second-order valence-corrected chi connectivity index (χ2v) is 4.36. The molecule has 0 radical (unpaired) electrons. The van der Waals surface area contributed by atoms with Gasteiger partial charge < -0.3 is 15.0 Å². The molecule has 2 atom stereocenters. The van der Waals surface area contributed by atoms with Gasteiger partial charge in [-0.3, -0.25) is 0 Å². The molecule has 0 spiro atoms. The minimum Gasteiger partial charge on any atom is -0.410 e. The number of amides is 1. The second-order valence-electron chi connectivity index (χ2n) is 4.36. The van der Waals surface area contributed by atoms with E-state index >= 15 is 0 Å². The van der Waals surface area contributed by atoms with Crippen LogP contribution in [-0.2, 0) is 0 Å². The molecule has 1 amide bonds. The van der Waals surface area contributed by atoms with Crippen molar-refractivity contribution in [3.05, 3.63) is 30.3 Å². The number of carbonyl (C=O) groups excluding carboxylic acids is 1. The van der Waals surface area contributed by atoms with Crippen molar-refractivity contribution in [1.82, 2.24) is 10.2 Å². The van der Waals surface area contributed by atoms with E-state index < -0.39 is 0 Å². The summed E-state index contributed by atoms with van der Waals surface area (Å²) in [6.07, 6.45) is -0.234. The third kappa shape index (κ3) is 1.65. The lowest BCUT2D eigenvalue weighted by Gasteiger charge is -2.29. The normalized spacial score (nSPS) is 27.1. The van der Waals surface area contributed by atoms with Crippen molar-refractivity contribution in [3.63, 3.8) is 0 Å². The van der Waals surface area contributed by atoms with Crippen LogP contribution in [0.25, 0.3) is 0 Å². The second kappa shape index (κ2) is 3.79. The Labute approximate surface area is 94.2 Å². The monoisotopic (exact) mass is 218 g/mol. The number of hydrogen-bond donors (Lipinski definition) is 1. The predicted octanol–water partition coefficient (Wildman–Crippen LogP) is 1.09. The van der Waals surface area contributed by atoms with E-state index in [1.54, 1.807) is 17.0 Å². The topological polar surface area (TPSA) is 41.6 Å². The zero-order chi connectivity index (χ0) is 11.0. The quantitative estimate of drug-likeness (QED) is 0.767. The van der Waals surface area contributed by atoms with E-state index in [1.165, 1.54) is 0 Å². The first-order valence-electron chi connectivity index (χ1n) is 5.58. The lowest BCUT2D eigenvalue weighted by molar-refractivity contribution is 0.162. The highest BCUT2D eigenvalue weighted by Crippen LogP contribution is 2.24. The number of hydrogen-bond acceptors (Lipinski definition) is 3. The van der Waals surface area contributed by atoms with Gasteiger partial charge in [-0.25, -0.2) is 4.79 Å². The Morgan fingerprint density at radius 2 is 2.12 bits per heavy atom. The first-order chi connectivity index (χ1) is 7.83. The standard InChI is InChI=1S/C12H14N2O2/c15-12(16-10-4-2-1-3-5-10)14-7-9-6-13-11(9)8-14/h1-5,9,11,13H,6-8H2/t9-,11+/m1/s1. The first kappa shape index (κ1) is 9.66. The summed E-state index contributed by atoms with van der Waals surface area (Å²) in [7, 11) is 0. The molecule has 84 valence electrons. The summed E-state index contributed by atoms with van der Waals surface area (Å²) in [6.45, 7) is 2.62. The Balaban J connectivity index is 1.61. The maximum atomic E-state index is 11.8. The van der Waals surface area contributed by atoms with Crippen LogP contribution in [-0.4, -0.2) is 36.7 Å². The predicted molar refractivity (Wildman–Crippen MR) is 59.3 cm³/mol. The van der Waals surface area contributed by atoms with Crippen molar-refractivity contribution in [3.8, 4) is 5.75 Å². The van der Waals surface area contributed by atoms with Crippen LogP contribution < -0.4 is 10.1 Å². The first-order valence-corrected chi connectivity index (χ1v) is 5.58. The van der Waals surface area contributed by atoms with Gasteiger partial charge in [-0.1, -0.05) is 18.2 Å². The summed E-state index contributed by atoms with van der Waals surface area (Å²) < 4.78 is 5.28. The largest absolute Gasteiger partial charge is 0.415 e. The van der Waals surface area contributed by atoms with Crippen molar-refractivity contribution in [2.45, 2.75) is 6.04 Å². The SMILES string of the molecule is O=C(Oc1ccccc1)N1C[C@H]2CN[C@H]2C1. The number of para-hydroxylation sites is 1. The minimum absolute atomic E-state index is 0.234. The van der Waals surface area contributed by atoms with E-state index in [4.69, 9.17) is 4.74 Å². The van der Waals surface area contributed by atoms with Gasteiger partial charge in [0.25, 0.3) is 0 Å². The Bertz CT molecular complexity index is 381. The lowest BCUT2D eigenvalue weighted by atomic mass is 9.96. The van der Waals surface area contributed by atoms with Gasteiger partial charge in [0.2, 0.25) is 0 Å². The third-order valence-electron chi connectivity index (χ3n) is 3.29. The highest BCUT2D eigenvalue weighted by atomic mass is 16.6. The molecular formula is C12H14N2O2. The molecule has 1 aromatic rings. The number of nitrogens with zero attached hydrogens (tertiary/aromatic N) is 1. The average Bonchev–Trinajstić information content (AvgIpc) is 2.56. The van der Waals surface area contributed by atoms with E-state index in [1.807, 2.05) is 18.2 Å². The fourth-order valence-electron chi connectivity index (χ4n) is 2.25. The van der Waals surface area contributed by atoms with Gasteiger partial charge in [0.05, 0.1) is 0 Å². The number of nitrogens with one attached hydrogen (secondary N) is 1. The Morgan fingerprint density at radius 1 is 1.31 bits per heavy atom. The summed E-state index contributed by atoms with van der Waals surface area (Å²) in [5.74, 6) is 1.24. The summed E-state index contributed by atoms with van der Waals surface area (Å²) >= 11 is 0. The van der Waals surface area contributed by atoms with E-state index in [-0.39, 0.29) is 6.09 Å². The van der Waals surface area contributed by atoms with Crippen molar-refractivity contribution >= 4 is 6.09 Å². The molecule has 0 aliphatic carbocycles. The fraction of sp³-hybridized carbons (Fsp3) is 0.417. The molecule has 16 heavy (non-hydrogen) atoms. The van der Waals surface area contributed by atoms with Crippen LogP contribution >= 0.6 is 0 Å². The summed E-state index contributed by atoms with van der Waals surface area (Å²) in [5.41, 5.74) is 0. The summed E-state index contributed by atoms with van der Waals surface area (Å²) in [4.78, 5) is 13.6. The Kier molecular flexibility index (Phi) is 2.29. The molecule has 0 aromatic heterocycles. The molecular weight excluding hydrogens is 204 g/mol. The van der Waals surface area contributed by atoms with Crippen LogP contribution in [0.1, 0.15) is 0 Å². The molecule has 0 bridgehead atoms. The highest BCUT2D eigenvalue weighted by molar-refractivity contribution is 5.71. The van der Waals surface area contributed by atoms with Crippen LogP contribution in [0.15, 0.2) is 30.3 Å². The Hall–Kier alpha value is -1.55. The molecule has 4 nitrogen and oxygen atoms in total. The maximum Gasteiger partial charge on any atom is 0.415 e. The van der Waals surface area contributed by atoms with Crippen molar-refractivity contribution in [2.24, 2.45) is 5.92 Å². The zero-order valence-corrected chi connectivity index (χ0v) is 8.93. The van der Waals surface area contributed by atoms with Gasteiger partial charge in [0.15, 0.2) is 0 Å². The summed E-state index contributed by atoms with van der Waals surface area (Å²) in [6, 6.07) is 9.69. The van der Waals surface area contributed by atoms with Crippen LogP contribution in [0.5, 0.6) is 5.75 Å². The molecule has 2 fully saturated rings. The Morgan fingerprint density at radius 3 is 2.69 bits per heavy atom. The molecule has 0 saturated carbocycles. The highest BCUT2D eigenvalue weighted by Gasteiger charge is 2.41. The van der Waals surface area contributed by atoms with Gasteiger partial charge >= 0.3 is 6.09 Å². The molecule has 2 aliphatic rings. The van der Waals surface area contributed by atoms with Crippen LogP contribution in [0.2, 0.25) is 0 Å². The fourth-order valence-corrected chi connectivity index (χ4v) is 2.25. The van der Waals surface area contributed by atoms with Gasteiger partial charge in [0.1, 0.15) is 5.75 Å². The van der Waals surface area contributed by atoms with Crippen LogP contribution in [0.3, 0.4) is 0 Å². The maximum absolute atomic E-state index is 11.8. The van der Waals surface area contributed by atoms with Gasteiger partial charge in [-0.15, -0.1) is 0 Å². The molecule has 2 saturated heterocycles. The van der Waals surface area contributed by atoms with E-state index in [0.717, 1.165) is 19.6 Å². The zero-order valence-electron chi connectivity index (χ0n) is 8.93. The number of ether oxygens (including phenoxy) is 1. The van der Waals surface area contributed by atoms with E-state index in [2.05, 4.69) is 5.32 Å². The molecule has 2 aliphatic heterocycles. The molecule has 0 unspecified atom stereocenters. The van der Waals surface area contributed by atoms with E-state index in [9.17, 15) is 4.79 Å². The number of benzene rings is 1. The van der Waals surface area contributed by atoms with Gasteiger partial charge in [-0.2, -0.15) is 0 Å². The van der Waals surface area contributed by atoms with Crippen molar-refractivity contribution in [2.75, 3.05) is 19.6 Å². The number of fused-ring (bicyclic) bond motifs is 1. The van der Waals surface area contributed by atoms with E-state index in [0.29, 0.717) is 17.7 Å². The number of carbonyl (C=O) groups is 1. The molecule has 2 heterocycles. The molecule has 4 heteroatoms. The molecule has 1 aromatic carbocycles. The summed E-state index contributed by atoms with van der Waals surface area (Å²) in [5, 5.41) is 3.31. The van der Waals surface area contributed by atoms with Crippen molar-refractivity contribution < 1.29 is 9.53 Å². The van der Waals surface area contributed by atoms with Crippen molar-refractivity contribution in [1.29, 1.82) is 0 Å². The minimum atomic E-state index is -0.234. The van der Waals surface area contributed by atoms with Gasteiger partial charge in [-0.05, 0) is 12.1 Å². The number of rotatable bonds is 1. The number of likely N-dealkylation sites (tertiary alicyclic amines) is 1. The third-order valence-corrected chi connectivity index (χ3v) is 3.29.